The zero-order valence-corrected chi connectivity index (χ0v) is 10.7. The molecule has 1 atom stereocenters. The van der Waals surface area contributed by atoms with Gasteiger partial charge in [0.1, 0.15) is 6.10 Å². The van der Waals surface area contributed by atoms with E-state index in [1.54, 1.807) is 0 Å². The van der Waals surface area contributed by atoms with Crippen LogP contribution in [0.5, 0.6) is 0 Å². The van der Waals surface area contributed by atoms with Gasteiger partial charge in [-0.2, -0.15) is 0 Å². The average molecular weight is 245 g/mol. The molecule has 5 heteroatoms. The van der Waals surface area contributed by atoms with Crippen LogP contribution in [0.15, 0.2) is 0 Å². The lowest BCUT2D eigenvalue weighted by Gasteiger charge is -2.12. The van der Waals surface area contributed by atoms with Gasteiger partial charge in [-0.25, -0.2) is 0 Å². The van der Waals surface area contributed by atoms with Gasteiger partial charge in [-0.1, -0.05) is 19.8 Å². The molecule has 0 fully saturated rings. The third kappa shape index (κ3) is 8.68. The lowest BCUT2D eigenvalue weighted by Crippen LogP contribution is -2.35. The van der Waals surface area contributed by atoms with Gasteiger partial charge in [0.15, 0.2) is 0 Å². The number of ether oxygens (including phenoxy) is 1. The zero-order valence-electron chi connectivity index (χ0n) is 10.7. The SMILES string of the molecule is CCC(OC)C(=O)NCCCCCCC(=O)O. The highest BCUT2D eigenvalue weighted by Crippen LogP contribution is 2.02. The number of nitrogens with one attached hydrogen (secondary N) is 1. The standard InChI is InChI=1S/C12H23NO4/c1-3-10(17-2)12(16)13-9-7-5-4-6-8-11(14)15/h10H,3-9H2,1-2H3,(H,13,16)(H,14,15). The molecule has 0 aromatic carbocycles. The summed E-state index contributed by atoms with van der Waals surface area (Å²) in [5, 5.41) is 11.2. The van der Waals surface area contributed by atoms with E-state index in [9.17, 15) is 9.59 Å². The molecule has 0 heterocycles. The van der Waals surface area contributed by atoms with Gasteiger partial charge in [-0.3, -0.25) is 9.59 Å². The maximum absolute atomic E-state index is 11.5. The number of carboxylic acids is 1. The number of rotatable bonds is 10. The highest BCUT2D eigenvalue weighted by atomic mass is 16.5. The lowest BCUT2D eigenvalue weighted by atomic mass is 10.1. The Morgan fingerprint density at radius 3 is 2.41 bits per heavy atom. The molecule has 1 unspecified atom stereocenters. The maximum atomic E-state index is 11.5. The first-order valence-electron chi connectivity index (χ1n) is 6.14. The van der Waals surface area contributed by atoms with Crippen LogP contribution in [-0.4, -0.2) is 36.7 Å². The summed E-state index contributed by atoms with van der Waals surface area (Å²) < 4.78 is 5.01. The lowest BCUT2D eigenvalue weighted by molar-refractivity contribution is -0.137. The Kier molecular flexibility index (Phi) is 9.43. The molecule has 0 aliphatic carbocycles. The van der Waals surface area contributed by atoms with Crippen molar-refractivity contribution in [3.63, 3.8) is 0 Å². The van der Waals surface area contributed by atoms with Crippen molar-refractivity contribution in [1.82, 2.24) is 5.32 Å². The first-order valence-corrected chi connectivity index (χ1v) is 6.14. The molecule has 0 aromatic heterocycles. The molecule has 0 saturated heterocycles. The van der Waals surface area contributed by atoms with Gasteiger partial charge in [-0.05, 0) is 19.3 Å². The van der Waals surface area contributed by atoms with Gasteiger partial charge in [0, 0.05) is 20.1 Å². The zero-order chi connectivity index (χ0) is 13.1. The van der Waals surface area contributed by atoms with Crippen LogP contribution in [0, 0.1) is 0 Å². The van der Waals surface area contributed by atoms with Crippen molar-refractivity contribution in [2.75, 3.05) is 13.7 Å². The Bertz CT molecular complexity index is 227. The maximum Gasteiger partial charge on any atom is 0.303 e. The van der Waals surface area contributed by atoms with E-state index >= 15 is 0 Å². The molecule has 0 aromatic rings. The minimum atomic E-state index is -0.746. The minimum absolute atomic E-state index is 0.0689. The molecule has 1 amide bonds. The largest absolute Gasteiger partial charge is 0.481 e. The molecule has 0 spiro atoms. The second kappa shape index (κ2) is 10.1. The van der Waals surface area contributed by atoms with Crippen molar-refractivity contribution in [3.8, 4) is 0 Å². The van der Waals surface area contributed by atoms with Crippen LogP contribution in [0.4, 0.5) is 0 Å². The third-order valence-corrected chi connectivity index (χ3v) is 2.56. The molecule has 17 heavy (non-hydrogen) atoms. The smallest absolute Gasteiger partial charge is 0.303 e. The number of amides is 1. The van der Waals surface area contributed by atoms with Gasteiger partial charge in [0.05, 0.1) is 0 Å². The second-order valence-corrected chi connectivity index (χ2v) is 3.98. The van der Waals surface area contributed by atoms with Gasteiger partial charge >= 0.3 is 5.97 Å². The monoisotopic (exact) mass is 245 g/mol. The molecule has 0 aliphatic heterocycles. The second-order valence-electron chi connectivity index (χ2n) is 3.98. The highest BCUT2D eigenvalue weighted by molar-refractivity contribution is 5.80. The summed E-state index contributed by atoms with van der Waals surface area (Å²) in [6.07, 6.45) is 3.96. The molecule has 2 N–H and O–H groups in total. The summed E-state index contributed by atoms with van der Waals surface area (Å²) in [7, 11) is 1.53. The number of carbonyl (C=O) groups excluding carboxylic acids is 1. The Morgan fingerprint density at radius 2 is 1.88 bits per heavy atom. The number of carboxylic acid groups (broad SMARTS) is 1. The molecule has 0 saturated carbocycles. The normalized spacial score (nSPS) is 12.1. The number of hydrogen-bond acceptors (Lipinski definition) is 3. The topological polar surface area (TPSA) is 75.6 Å². The molecule has 0 aliphatic rings. The van der Waals surface area contributed by atoms with Crippen molar-refractivity contribution in [2.24, 2.45) is 0 Å². The van der Waals surface area contributed by atoms with Crippen LogP contribution in [0.1, 0.15) is 45.4 Å². The van der Waals surface area contributed by atoms with Crippen molar-refractivity contribution in [2.45, 2.75) is 51.6 Å². The van der Waals surface area contributed by atoms with Crippen molar-refractivity contribution >= 4 is 11.9 Å². The molecule has 0 bridgehead atoms. The van der Waals surface area contributed by atoms with Gasteiger partial charge < -0.3 is 15.2 Å². The minimum Gasteiger partial charge on any atom is -0.481 e. The Hall–Kier alpha value is -1.10. The Morgan fingerprint density at radius 1 is 1.24 bits per heavy atom. The first kappa shape index (κ1) is 15.9. The molecule has 0 rings (SSSR count). The van der Waals surface area contributed by atoms with Crippen molar-refractivity contribution < 1.29 is 19.4 Å². The average Bonchev–Trinajstić information content (AvgIpc) is 2.29. The number of hydrogen-bond donors (Lipinski definition) is 2. The van der Waals surface area contributed by atoms with Crippen LogP contribution in [0.3, 0.4) is 0 Å². The molecule has 5 nitrogen and oxygen atoms in total. The number of carbonyl (C=O) groups is 2. The van der Waals surface area contributed by atoms with Crippen LogP contribution >= 0.6 is 0 Å². The Labute approximate surface area is 103 Å². The van der Waals surface area contributed by atoms with Gasteiger partial charge in [0.2, 0.25) is 5.91 Å². The van der Waals surface area contributed by atoms with E-state index in [1.807, 2.05) is 6.92 Å². The van der Waals surface area contributed by atoms with Crippen LogP contribution < -0.4 is 5.32 Å². The van der Waals surface area contributed by atoms with Gasteiger partial charge in [0.25, 0.3) is 0 Å². The number of aliphatic carboxylic acids is 1. The van der Waals surface area contributed by atoms with Crippen LogP contribution in [-0.2, 0) is 14.3 Å². The number of methoxy groups -OCH3 is 1. The fraction of sp³-hybridized carbons (Fsp3) is 0.833. The highest BCUT2D eigenvalue weighted by Gasteiger charge is 2.13. The number of unbranched alkanes of at least 4 members (excludes halogenated alkanes) is 3. The predicted octanol–water partition coefficient (Wildman–Crippen LogP) is 1.56. The van der Waals surface area contributed by atoms with E-state index in [4.69, 9.17) is 9.84 Å². The van der Waals surface area contributed by atoms with Crippen molar-refractivity contribution in [1.29, 1.82) is 0 Å². The summed E-state index contributed by atoms with van der Waals surface area (Å²) in [5.41, 5.74) is 0. The van der Waals surface area contributed by atoms with E-state index in [1.165, 1.54) is 7.11 Å². The van der Waals surface area contributed by atoms with E-state index < -0.39 is 5.97 Å². The first-order chi connectivity index (χ1) is 8.11. The van der Waals surface area contributed by atoms with E-state index in [0.717, 1.165) is 19.3 Å². The van der Waals surface area contributed by atoms with E-state index in [2.05, 4.69) is 5.32 Å². The summed E-state index contributed by atoms with van der Waals surface area (Å²) in [4.78, 5) is 21.7. The van der Waals surface area contributed by atoms with Gasteiger partial charge in [-0.15, -0.1) is 0 Å². The summed E-state index contributed by atoms with van der Waals surface area (Å²) in [6.45, 7) is 2.53. The Balaban J connectivity index is 3.39. The third-order valence-electron chi connectivity index (χ3n) is 2.56. The van der Waals surface area contributed by atoms with E-state index in [0.29, 0.717) is 19.4 Å². The molecule has 0 radical (unpaired) electrons. The molecular formula is C12H23NO4. The quantitative estimate of drug-likeness (QED) is 0.573. The van der Waals surface area contributed by atoms with E-state index in [-0.39, 0.29) is 18.4 Å². The predicted molar refractivity (Wildman–Crippen MR) is 64.8 cm³/mol. The van der Waals surface area contributed by atoms with Crippen LogP contribution in [0.2, 0.25) is 0 Å². The summed E-state index contributed by atoms with van der Waals surface area (Å²) >= 11 is 0. The fourth-order valence-electron chi connectivity index (χ4n) is 1.54. The molecular weight excluding hydrogens is 222 g/mol. The summed E-state index contributed by atoms with van der Waals surface area (Å²) in [6, 6.07) is 0. The summed E-state index contributed by atoms with van der Waals surface area (Å²) in [5.74, 6) is -0.815. The van der Waals surface area contributed by atoms with Crippen molar-refractivity contribution in [3.05, 3.63) is 0 Å². The fourth-order valence-corrected chi connectivity index (χ4v) is 1.54. The molecule has 100 valence electrons. The van der Waals surface area contributed by atoms with Crippen LogP contribution in [0.25, 0.3) is 0 Å².